The van der Waals surface area contributed by atoms with Crippen molar-refractivity contribution in [2.75, 3.05) is 0 Å². The van der Waals surface area contributed by atoms with Gasteiger partial charge in [-0.05, 0) is 75.0 Å². The molecule has 5 aliphatic rings. The molecule has 5 nitrogen and oxygen atoms in total. The van der Waals surface area contributed by atoms with Crippen LogP contribution in [0, 0.1) is 5.92 Å². The van der Waals surface area contributed by atoms with Crippen LogP contribution >= 0.6 is 0 Å². The molecule has 2 aromatic carbocycles. The Morgan fingerprint density at radius 3 is 2.63 bits per heavy atom. The van der Waals surface area contributed by atoms with Crippen molar-refractivity contribution in [3.8, 4) is 11.4 Å². The molecule has 2 aromatic heterocycles. The summed E-state index contributed by atoms with van der Waals surface area (Å²) < 4.78 is 6.83. The molecule has 5 heteroatoms. The second-order valence-electron chi connectivity index (χ2n) is 14.5. The Kier molecular flexibility index (Phi) is 7.21. The van der Waals surface area contributed by atoms with Crippen LogP contribution in [0.25, 0.3) is 28.4 Å². The first kappa shape index (κ1) is 30.0. The molecular formula is C44H41N4O+. The van der Waals surface area contributed by atoms with Crippen LogP contribution in [-0.2, 0) is 10.8 Å². The quantitative estimate of drug-likeness (QED) is 0.221. The second kappa shape index (κ2) is 11.8. The zero-order chi connectivity index (χ0) is 33.0. The third-order valence-corrected chi connectivity index (χ3v) is 11.2. The molecule has 5 atom stereocenters. The van der Waals surface area contributed by atoms with Crippen molar-refractivity contribution in [1.82, 2.24) is 15.0 Å². The normalized spacial score (nSPS) is 28.3. The number of hydrogen-bond donors (Lipinski definition) is 1. The van der Waals surface area contributed by atoms with Gasteiger partial charge in [0.2, 0.25) is 0 Å². The van der Waals surface area contributed by atoms with Crippen molar-refractivity contribution in [3.05, 3.63) is 167 Å². The molecule has 0 spiro atoms. The van der Waals surface area contributed by atoms with Gasteiger partial charge in [0.15, 0.2) is 5.82 Å². The maximum atomic E-state index is 6.83. The van der Waals surface area contributed by atoms with Crippen molar-refractivity contribution in [1.29, 1.82) is 0 Å². The second-order valence-corrected chi connectivity index (χ2v) is 14.5. The summed E-state index contributed by atoms with van der Waals surface area (Å²) in [6.07, 6.45) is 35.4. The minimum Gasteiger partial charge on any atom is -0.459 e. The van der Waals surface area contributed by atoms with E-state index >= 15 is 0 Å². The summed E-state index contributed by atoms with van der Waals surface area (Å²) in [5, 5.41) is 3.50. The van der Waals surface area contributed by atoms with Gasteiger partial charge in [0.25, 0.3) is 0 Å². The Bertz CT molecular complexity index is 2210. The van der Waals surface area contributed by atoms with Crippen LogP contribution in [-0.4, -0.2) is 15.0 Å². The smallest absolute Gasteiger partial charge is 0.163 e. The van der Waals surface area contributed by atoms with Gasteiger partial charge in [0.05, 0.1) is 11.6 Å². The highest BCUT2D eigenvalue weighted by Crippen LogP contribution is 2.54. The number of nitrogens with two attached hydrogens (primary N) is 1. The lowest BCUT2D eigenvalue weighted by molar-refractivity contribution is -0.622. The maximum absolute atomic E-state index is 6.83. The number of rotatable bonds is 5. The van der Waals surface area contributed by atoms with Crippen LogP contribution < -0.4 is 5.32 Å². The summed E-state index contributed by atoms with van der Waals surface area (Å²) in [4.78, 5) is 15.5. The van der Waals surface area contributed by atoms with Crippen LogP contribution in [0.4, 0.5) is 0 Å². The van der Waals surface area contributed by atoms with Crippen molar-refractivity contribution < 1.29 is 9.73 Å². The summed E-state index contributed by atoms with van der Waals surface area (Å²) >= 11 is 0. The lowest BCUT2D eigenvalue weighted by Gasteiger charge is -2.42. The molecule has 0 bridgehead atoms. The van der Waals surface area contributed by atoms with E-state index in [-0.39, 0.29) is 22.8 Å². The zero-order valence-corrected chi connectivity index (χ0v) is 28.1. The first-order chi connectivity index (χ1) is 24.0. The van der Waals surface area contributed by atoms with Crippen molar-refractivity contribution in [3.63, 3.8) is 0 Å². The number of fused-ring (bicyclic) bond motifs is 5. The molecule has 9 rings (SSSR count). The van der Waals surface area contributed by atoms with Crippen LogP contribution in [0.5, 0.6) is 0 Å². The molecule has 0 amide bonds. The molecule has 3 heterocycles. The van der Waals surface area contributed by atoms with Gasteiger partial charge >= 0.3 is 0 Å². The van der Waals surface area contributed by atoms with Crippen molar-refractivity contribution >= 4 is 17.0 Å². The number of furan rings is 1. The van der Waals surface area contributed by atoms with E-state index in [1.807, 2.05) is 6.07 Å². The predicted molar refractivity (Wildman–Crippen MR) is 196 cm³/mol. The summed E-state index contributed by atoms with van der Waals surface area (Å²) in [6, 6.07) is 17.1. The summed E-state index contributed by atoms with van der Waals surface area (Å²) in [7, 11) is 0. The molecule has 4 aliphatic carbocycles. The molecule has 0 fully saturated rings. The monoisotopic (exact) mass is 641 g/mol. The number of allylic oxidation sites excluding steroid dienone is 13. The van der Waals surface area contributed by atoms with Gasteiger partial charge in [0, 0.05) is 39.3 Å². The van der Waals surface area contributed by atoms with Gasteiger partial charge in [-0.3, -0.25) is 0 Å². The molecule has 1 aliphatic heterocycles. The predicted octanol–water partition coefficient (Wildman–Crippen LogP) is 9.04. The van der Waals surface area contributed by atoms with E-state index in [0.29, 0.717) is 5.92 Å². The van der Waals surface area contributed by atoms with Gasteiger partial charge < -0.3 is 9.73 Å². The molecule has 4 aromatic rings. The fourth-order valence-corrected chi connectivity index (χ4v) is 8.46. The van der Waals surface area contributed by atoms with Crippen molar-refractivity contribution in [2.45, 2.75) is 62.3 Å². The topological polar surface area (TPSA) is 68.4 Å². The zero-order valence-electron chi connectivity index (χ0n) is 28.1. The number of hydrogen-bond acceptors (Lipinski definition) is 4. The van der Waals surface area contributed by atoms with Gasteiger partial charge in [-0.1, -0.05) is 103 Å². The van der Waals surface area contributed by atoms with E-state index < -0.39 is 0 Å². The average Bonchev–Trinajstić information content (AvgIpc) is 3.55. The van der Waals surface area contributed by atoms with Gasteiger partial charge in [-0.2, -0.15) is 0 Å². The van der Waals surface area contributed by atoms with Gasteiger partial charge in [-0.25, -0.2) is 15.0 Å². The van der Waals surface area contributed by atoms with Crippen LogP contribution in [0.2, 0.25) is 0 Å². The Labute approximate surface area is 288 Å². The fraction of sp³-hybridized carbons (Fsp3) is 0.250. The fourth-order valence-electron chi connectivity index (χ4n) is 8.46. The third-order valence-electron chi connectivity index (χ3n) is 11.2. The molecule has 242 valence electrons. The minimum atomic E-state index is -0.285. The molecule has 5 unspecified atom stereocenters. The van der Waals surface area contributed by atoms with E-state index in [1.54, 1.807) is 0 Å². The third kappa shape index (κ3) is 5.07. The number of aromatic nitrogens is 3. The van der Waals surface area contributed by atoms with Crippen LogP contribution in [0.3, 0.4) is 0 Å². The summed E-state index contributed by atoms with van der Waals surface area (Å²) in [6.45, 7) is 4.60. The summed E-state index contributed by atoms with van der Waals surface area (Å²) in [5.41, 5.74) is 6.61. The van der Waals surface area contributed by atoms with E-state index in [4.69, 9.17) is 19.4 Å². The number of quaternary nitrogens is 1. The first-order valence-electron chi connectivity index (χ1n) is 17.7. The SMILES string of the molecule is CC1(c2nc(-c3ccccc3)nc(C3C=C(C4=Cc5c(oc6cccc(C7C=CC=C[NH2+]7)c56)C5(C)C=CCCC45)C=CC3)n2)C=CC=CC1. The molecule has 0 saturated carbocycles. The van der Waals surface area contributed by atoms with E-state index in [2.05, 4.69) is 147 Å². The molecule has 0 radical (unpaired) electrons. The maximum Gasteiger partial charge on any atom is 0.163 e. The van der Waals surface area contributed by atoms with Gasteiger partial charge in [0.1, 0.15) is 29.0 Å². The molecule has 0 saturated heterocycles. The number of benzene rings is 2. The minimum absolute atomic E-state index is 0.0361. The Morgan fingerprint density at radius 1 is 0.878 bits per heavy atom. The average molecular weight is 642 g/mol. The molecule has 49 heavy (non-hydrogen) atoms. The van der Waals surface area contributed by atoms with E-state index in [9.17, 15) is 0 Å². The first-order valence-corrected chi connectivity index (χ1v) is 17.7. The highest BCUT2D eigenvalue weighted by atomic mass is 16.3. The number of nitrogens with zero attached hydrogens (tertiary/aromatic N) is 3. The summed E-state index contributed by atoms with van der Waals surface area (Å²) in [5.74, 6) is 3.83. The highest BCUT2D eigenvalue weighted by molar-refractivity contribution is 5.94. The Hall–Kier alpha value is -5.13. The Morgan fingerprint density at radius 2 is 1.80 bits per heavy atom. The van der Waals surface area contributed by atoms with Crippen LogP contribution in [0.15, 0.2) is 143 Å². The van der Waals surface area contributed by atoms with Gasteiger partial charge in [-0.15, -0.1) is 0 Å². The Balaban J connectivity index is 1.18. The molecule has 2 N–H and O–H groups in total. The lowest BCUT2D eigenvalue weighted by atomic mass is 9.61. The highest BCUT2D eigenvalue weighted by Gasteiger charge is 2.46. The van der Waals surface area contributed by atoms with E-state index in [1.165, 1.54) is 27.7 Å². The van der Waals surface area contributed by atoms with E-state index in [0.717, 1.165) is 60.1 Å². The standard InChI is InChI=1S/C44H40N4O/c1-43(23-9-4-10-24-43)42-47-40(29-15-5-3-6-16-29)46-41(48-42)31-18-13-17-30(27-31)33-28-34-38-32(36-21-8-12-26-45-36)19-14-22-37(38)49-39(34)44(2)25-11-7-20-35(33)44/h3-6,8-17,19,21-23,25-28,31,35-36,45H,7,18,20,24H2,1-2H3/p+1. The van der Waals surface area contributed by atoms with Crippen molar-refractivity contribution in [2.24, 2.45) is 5.92 Å². The largest absolute Gasteiger partial charge is 0.459 e. The lowest BCUT2D eigenvalue weighted by Crippen LogP contribution is -2.79. The van der Waals surface area contributed by atoms with Crippen LogP contribution in [0.1, 0.15) is 80.0 Å². The molecular weight excluding hydrogens is 601 g/mol.